The molecular weight excluding hydrogens is 402 g/mol. The van der Waals surface area contributed by atoms with Gasteiger partial charge < -0.3 is 10.2 Å². The maximum absolute atomic E-state index is 12.9. The molecule has 0 aromatic heterocycles. The minimum Gasteiger partial charge on any atom is -0.354 e. The van der Waals surface area contributed by atoms with Gasteiger partial charge in [0.2, 0.25) is 21.8 Å². The number of sulfonamides is 1. The Hall–Kier alpha value is -2.71. The number of likely N-dealkylation sites (N-methyl/N-ethyl adjacent to an activating group) is 1. The molecule has 2 amide bonds. The van der Waals surface area contributed by atoms with E-state index in [9.17, 15) is 18.0 Å². The van der Waals surface area contributed by atoms with E-state index in [-0.39, 0.29) is 19.0 Å². The highest BCUT2D eigenvalue weighted by Crippen LogP contribution is 2.11. The number of rotatable bonds is 10. The standard InChI is InChI=1S/C22H29N3O4S/c1-18(22(27)23-15-14-19-10-6-4-7-11-19)25(16-20-12-8-5-9-13-20)21(26)17-24(2)30(3,28)29/h4-13,18H,14-17H2,1-3H3,(H,23,27). The Balaban J connectivity index is 2.07. The summed E-state index contributed by atoms with van der Waals surface area (Å²) in [6, 6.07) is 18.3. The molecule has 2 rings (SSSR count). The van der Waals surface area contributed by atoms with Crippen molar-refractivity contribution in [2.24, 2.45) is 0 Å². The number of benzene rings is 2. The molecule has 8 heteroatoms. The number of nitrogens with one attached hydrogen (secondary N) is 1. The van der Waals surface area contributed by atoms with Crippen molar-refractivity contribution in [1.29, 1.82) is 0 Å². The molecule has 1 unspecified atom stereocenters. The molecule has 0 aliphatic carbocycles. The van der Waals surface area contributed by atoms with E-state index in [0.29, 0.717) is 13.0 Å². The lowest BCUT2D eigenvalue weighted by atomic mass is 10.1. The van der Waals surface area contributed by atoms with Crippen LogP contribution in [0.2, 0.25) is 0 Å². The second-order valence-corrected chi connectivity index (χ2v) is 9.32. The zero-order valence-corrected chi connectivity index (χ0v) is 18.4. The van der Waals surface area contributed by atoms with Crippen LogP contribution < -0.4 is 5.32 Å². The van der Waals surface area contributed by atoms with Crippen LogP contribution in [0.3, 0.4) is 0 Å². The Morgan fingerprint density at radius 2 is 1.50 bits per heavy atom. The largest absolute Gasteiger partial charge is 0.354 e. The first-order valence-corrected chi connectivity index (χ1v) is 11.6. The van der Waals surface area contributed by atoms with E-state index in [1.54, 1.807) is 6.92 Å². The van der Waals surface area contributed by atoms with Crippen molar-refractivity contribution >= 4 is 21.8 Å². The fourth-order valence-electron chi connectivity index (χ4n) is 2.88. The number of nitrogens with zero attached hydrogens (tertiary/aromatic N) is 2. The van der Waals surface area contributed by atoms with E-state index in [1.165, 1.54) is 11.9 Å². The Labute approximate surface area is 178 Å². The van der Waals surface area contributed by atoms with Gasteiger partial charge in [0.1, 0.15) is 6.04 Å². The van der Waals surface area contributed by atoms with Crippen molar-refractivity contribution in [3.8, 4) is 0 Å². The highest BCUT2D eigenvalue weighted by molar-refractivity contribution is 7.88. The highest BCUT2D eigenvalue weighted by Gasteiger charge is 2.28. The molecule has 1 N–H and O–H groups in total. The molecule has 30 heavy (non-hydrogen) atoms. The summed E-state index contributed by atoms with van der Waals surface area (Å²) >= 11 is 0. The number of carbonyl (C=O) groups excluding carboxylic acids is 2. The molecule has 0 fully saturated rings. The molecule has 0 radical (unpaired) electrons. The average molecular weight is 432 g/mol. The smallest absolute Gasteiger partial charge is 0.242 e. The van der Waals surface area contributed by atoms with E-state index in [2.05, 4.69) is 5.32 Å². The zero-order valence-electron chi connectivity index (χ0n) is 17.6. The first-order chi connectivity index (χ1) is 14.2. The normalized spacial score (nSPS) is 12.4. The fraction of sp³-hybridized carbons (Fsp3) is 0.364. The molecule has 2 aromatic rings. The van der Waals surface area contributed by atoms with Crippen molar-refractivity contribution in [3.05, 3.63) is 71.8 Å². The minimum atomic E-state index is -3.51. The lowest BCUT2D eigenvalue weighted by Gasteiger charge is -2.30. The molecule has 2 aromatic carbocycles. The van der Waals surface area contributed by atoms with E-state index in [0.717, 1.165) is 21.7 Å². The number of hydrogen-bond acceptors (Lipinski definition) is 4. The van der Waals surface area contributed by atoms with Crippen LogP contribution in [0.4, 0.5) is 0 Å². The van der Waals surface area contributed by atoms with E-state index >= 15 is 0 Å². The molecule has 0 bridgehead atoms. The molecule has 7 nitrogen and oxygen atoms in total. The van der Waals surface area contributed by atoms with Crippen molar-refractivity contribution in [2.45, 2.75) is 25.9 Å². The molecule has 0 heterocycles. The predicted octanol–water partition coefficient (Wildman–Crippen LogP) is 1.65. The first-order valence-electron chi connectivity index (χ1n) is 9.75. The van der Waals surface area contributed by atoms with Crippen LogP contribution in [-0.2, 0) is 32.6 Å². The van der Waals surface area contributed by atoms with Gasteiger partial charge in [-0.25, -0.2) is 8.42 Å². The quantitative estimate of drug-likeness (QED) is 0.620. The molecule has 0 saturated carbocycles. The van der Waals surface area contributed by atoms with Crippen LogP contribution in [0.1, 0.15) is 18.1 Å². The van der Waals surface area contributed by atoms with E-state index < -0.39 is 22.0 Å². The van der Waals surface area contributed by atoms with Gasteiger partial charge in [0.25, 0.3) is 0 Å². The van der Waals surface area contributed by atoms with Crippen LogP contribution in [-0.4, -0.2) is 61.9 Å². The number of amides is 2. The third kappa shape index (κ3) is 7.27. The summed E-state index contributed by atoms with van der Waals surface area (Å²) in [5, 5.41) is 2.87. The van der Waals surface area contributed by atoms with Gasteiger partial charge in [-0.1, -0.05) is 60.7 Å². The minimum absolute atomic E-state index is 0.213. The van der Waals surface area contributed by atoms with Crippen molar-refractivity contribution < 1.29 is 18.0 Å². The Bertz CT molecular complexity index is 933. The molecule has 0 spiro atoms. The van der Waals surface area contributed by atoms with Crippen LogP contribution in [0.15, 0.2) is 60.7 Å². The second kappa shape index (κ2) is 10.9. The van der Waals surface area contributed by atoms with E-state index in [4.69, 9.17) is 0 Å². The Kier molecular flexibility index (Phi) is 8.56. The van der Waals surface area contributed by atoms with Crippen LogP contribution in [0, 0.1) is 0 Å². The SMILES string of the molecule is CC(C(=O)NCCc1ccccc1)N(Cc1ccccc1)C(=O)CN(C)S(C)(=O)=O. The second-order valence-electron chi connectivity index (χ2n) is 7.23. The molecule has 162 valence electrons. The maximum Gasteiger partial charge on any atom is 0.242 e. The molecule has 0 aliphatic heterocycles. The van der Waals surface area contributed by atoms with Crippen molar-refractivity contribution in [2.75, 3.05) is 26.4 Å². The average Bonchev–Trinajstić information content (AvgIpc) is 2.72. The summed E-state index contributed by atoms with van der Waals surface area (Å²) in [7, 11) is -2.16. The van der Waals surface area contributed by atoms with Crippen molar-refractivity contribution in [1.82, 2.24) is 14.5 Å². The molecular formula is C22H29N3O4S. The van der Waals surface area contributed by atoms with Crippen LogP contribution in [0.5, 0.6) is 0 Å². The number of hydrogen-bond donors (Lipinski definition) is 1. The lowest BCUT2D eigenvalue weighted by Crippen LogP contribution is -2.50. The summed E-state index contributed by atoms with van der Waals surface area (Å²) in [6.45, 7) is 1.99. The summed E-state index contributed by atoms with van der Waals surface area (Å²) in [5.41, 5.74) is 1.97. The van der Waals surface area contributed by atoms with Gasteiger partial charge >= 0.3 is 0 Å². The fourth-order valence-corrected chi connectivity index (χ4v) is 3.23. The number of carbonyl (C=O) groups is 2. The van der Waals surface area contributed by atoms with Gasteiger partial charge in [-0.05, 0) is 24.5 Å². The Morgan fingerprint density at radius 3 is 2.03 bits per heavy atom. The summed E-state index contributed by atoms with van der Waals surface area (Å²) < 4.78 is 24.4. The van der Waals surface area contributed by atoms with Gasteiger partial charge in [0.05, 0.1) is 12.8 Å². The topological polar surface area (TPSA) is 86.8 Å². The predicted molar refractivity (Wildman–Crippen MR) is 117 cm³/mol. The first kappa shape index (κ1) is 23.6. The molecule has 0 saturated heterocycles. The van der Waals surface area contributed by atoms with Crippen molar-refractivity contribution in [3.63, 3.8) is 0 Å². The molecule has 0 aliphatic rings. The third-order valence-corrected chi connectivity index (χ3v) is 6.10. The summed E-state index contributed by atoms with van der Waals surface area (Å²) in [5.74, 6) is -0.713. The summed E-state index contributed by atoms with van der Waals surface area (Å²) in [4.78, 5) is 27.0. The zero-order chi connectivity index (χ0) is 22.1. The van der Waals surface area contributed by atoms with Gasteiger partial charge in [-0.3, -0.25) is 9.59 Å². The van der Waals surface area contributed by atoms with Gasteiger partial charge in [-0.15, -0.1) is 0 Å². The monoisotopic (exact) mass is 431 g/mol. The highest BCUT2D eigenvalue weighted by atomic mass is 32.2. The van der Waals surface area contributed by atoms with Gasteiger partial charge in [0, 0.05) is 20.1 Å². The van der Waals surface area contributed by atoms with Gasteiger partial charge in [-0.2, -0.15) is 4.31 Å². The van der Waals surface area contributed by atoms with E-state index in [1.807, 2.05) is 60.7 Å². The lowest BCUT2D eigenvalue weighted by molar-refractivity contribution is -0.140. The third-order valence-electron chi connectivity index (χ3n) is 4.84. The summed E-state index contributed by atoms with van der Waals surface area (Å²) in [6.07, 6.45) is 1.73. The molecule has 1 atom stereocenters. The maximum atomic E-state index is 12.9. The van der Waals surface area contributed by atoms with Crippen LogP contribution in [0.25, 0.3) is 0 Å². The van der Waals surface area contributed by atoms with Gasteiger partial charge in [0.15, 0.2) is 0 Å². The van der Waals surface area contributed by atoms with Crippen LogP contribution >= 0.6 is 0 Å². The Morgan fingerprint density at radius 1 is 0.967 bits per heavy atom.